The van der Waals surface area contributed by atoms with Gasteiger partial charge in [0.2, 0.25) is 0 Å². The van der Waals surface area contributed by atoms with Crippen molar-refractivity contribution in [2.75, 3.05) is 9.80 Å². The number of anilines is 6. The maximum atomic E-state index is 2.57. The van der Waals surface area contributed by atoms with E-state index in [1.807, 2.05) is 11.3 Å². The SMILES string of the molecule is CC1(C)c2ccccc2-c2ccc(N(c3ccc4c(c3)C3(c5ccccc5N4c4ccccc4)c4ccccc4C4(c5ccccc5-c5ccccc54)c4ccccc43)c3cccc4c3sc3ccccc34)cc21. The van der Waals surface area contributed by atoms with Crippen molar-refractivity contribution < 1.29 is 0 Å². The second-order valence-corrected chi connectivity index (χ2v) is 22.1. The van der Waals surface area contributed by atoms with Crippen LogP contribution in [0.3, 0.4) is 0 Å². The maximum Gasteiger partial charge on any atom is 0.0749 e. The van der Waals surface area contributed by atoms with E-state index in [4.69, 9.17) is 0 Å². The Balaban J connectivity index is 1.04. The molecule has 1 aromatic heterocycles. The molecule has 12 aromatic rings. The number of para-hydroxylation sites is 2. The average Bonchev–Trinajstić information content (AvgIpc) is 4.12. The smallest absolute Gasteiger partial charge is 0.0749 e. The van der Waals surface area contributed by atoms with Crippen molar-refractivity contribution in [3.63, 3.8) is 0 Å². The van der Waals surface area contributed by atoms with E-state index in [2.05, 4.69) is 278 Å². The number of nitrogens with zero attached hydrogens (tertiary/aromatic N) is 2. The molecule has 0 radical (unpaired) electrons. The Morgan fingerprint density at radius 1 is 0.338 bits per heavy atom. The molecule has 0 amide bonds. The molecule has 3 aliphatic carbocycles. The van der Waals surface area contributed by atoms with E-state index < -0.39 is 10.8 Å². The molecule has 0 atom stereocenters. The molecule has 2 heterocycles. The van der Waals surface area contributed by atoms with E-state index in [0.29, 0.717) is 0 Å². The van der Waals surface area contributed by atoms with Crippen LogP contribution < -0.4 is 9.80 Å². The van der Waals surface area contributed by atoms with E-state index in [1.165, 1.54) is 109 Å². The van der Waals surface area contributed by atoms with Gasteiger partial charge in [-0.05, 0) is 139 Å². The standard InChI is InChI=1S/C71H48N2S/c1-69(2)54-28-10-6-23-48(54)51-41-39-46(43-62(51)69)72(66-37-20-27-53-52-26-9-19-38-67(52)74-68(53)66)47-40-42-65-63(44-47)71(61-35-17-18-36-64(61)73(65)45-21-4-3-5-22-45)59-33-15-13-31-57(59)70(58-32-14-16-34-60(58)71)55-29-11-7-24-49(55)50-25-8-12-30-56(50)70/h3-44H,1-2H3. The molecule has 74 heavy (non-hydrogen) atoms. The normalized spacial score (nSPS) is 15.2. The molecule has 0 saturated carbocycles. The van der Waals surface area contributed by atoms with Crippen LogP contribution in [0, 0.1) is 0 Å². The Morgan fingerprint density at radius 2 is 0.797 bits per heavy atom. The van der Waals surface area contributed by atoms with Crippen LogP contribution >= 0.6 is 11.3 Å². The molecule has 3 heteroatoms. The van der Waals surface area contributed by atoms with Gasteiger partial charge in [0.05, 0.1) is 32.6 Å². The highest BCUT2D eigenvalue weighted by molar-refractivity contribution is 7.26. The van der Waals surface area contributed by atoms with Crippen molar-refractivity contribution in [3.05, 3.63) is 310 Å². The number of fused-ring (bicyclic) bond motifs is 21. The Kier molecular flexibility index (Phi) is 8.56. The summed E-state index contributed by atoms with van der Waals surface area (Å²) >= 11 is 1.89. The molecule has 0 N–H and O–H groups in total. The third kappa shape index (κ3) is 5.24. The number of thiophene rings is 1. The molecular formula is C71H48N2S. The fraction of sp³-hybridized carbons (Fsp3) is 0.0704. The lowest BCUT2D eigenvalue weighted by Gasteiger charge is -2.53. The number of hydrogen-bond acceptors (Lipinski definition) is 3. The van der Waals surface area contributed by atoms with Crippen LogP contribution in [0.4, 0.5) is 34.1 Å². The Morgan fingerprint density at radius 3 is 1.46 bits per heavy atom. The minimum absolute atomic E-state index is 0.181. The second kappa shape index (κ2) is 15.1. The van der Waals surface area contributed by atoms with Crippen LogP contribution in [0.15, 0.2) is 255 Å². The van der Waals surface area contributed by atoms with Crippen LogP contribution in [0.25, 0.3) is 42.4 Å². The molecule has 348 valence electrons. The monoisotopic (exact) mass is 960 g/mol. The summed E-state index contributed by atoms with van der Waals surface area (Å²) in [5, 5.41) is 2.57. The van der Waals surface area contributed by atoms with Gasteiger partial charge in [-0.15, -0.1) is 11.3 Å². The second-order valence-electron chi connectivity index (χ2n) is 21.1. The summed E-state index contributed by atoms with van der Waals surface area (Å²) < 4.78 is 2.56. The number of hydrogen-bond donors (Lipinski definition) is 0. The molecule has 16 rings (SSSR count). The Hall–Kier alpha value is -8.76. The van der Waals surface area contributed by atoms with Gasteiger partial charge in [0, 0.05) is 37.9 Å². The lowest BCUT2D eigenvalue weighted by Crippen LogP contribution is -2.47. The lowest BCUT2D eigenvalue weighted by atomic mass is 9.50. The molecule has 2 spiro atoms. The molecule has 4 aliphatic rings. The molecule has 0 fully saturated rings. The van der Waals surface area contributed by atoms with Gasteiger partial charge in [-0.3, -0.25) is 0 Å². The van der Waals surface area contributed by atoms with Crippen molar-refractivity contribution in [2.24, 2.45) is 0 Å². The molecule has 0 bridgehead atoms. The molecule has 0 unspecified atom stereocenters. The molecule has 1 aliphatic heterocycles. The first kappa shape index (κ1) is 41.8. The minimum Gasteiger partial charge on any atom is -0.310 e. The maximum absolute atomic E-state index is 2.57. The van der Waals surface area contributed by atoms with Crippen LogP contribution in [0.2, 0.25) is 0 Å². The van der Waals surface area contributed by atoms with Crippen molar-refractivity contribution in [2.45, 2.75) is 30.1 Å². The summed E-state index contributed by atoms with van der Waals surface area (Å²) in [6, 6.07) is 96.9. The third-order valence-electron chi connectivity index (χ3n) is 17.3. The van der Waals surface area contributed by atoms with Gasteiger partial charge in [-0.2, -0.15) is 0 Å². The van der Waals surface area contributed by atoms with Crippen LogP contribution in [0.5, 0.6) is 0 Å². The summed E-state index contributed by atoms with van der Waals surface area (Å²) in [4.78, 5) is 5.09. The van der Waals surface area contributed by atoms with Crippen molar-refractivity contribution in [1.82, 2.24) is 0 Å². The first-order valence-electron chi connectivity index (χ1n) is 25.9. The minimum atomic E-state index is -0.741. The van der Waals surface area contributed by atoms with Gasteiger partial charge >= 0.3 is 0 Å². The predicted molar refractivity (Wildman–Crippen MR) is 309 cm³/mol. The fourth-order valence-corrected chi connectivity index (χ4v) is 15.6. The average molecular weight is 961 g/mol. The van der Waals surface area contributed by atoms with Gasteiger partial charge in [0.15, 0.2) is 0 Å². The molecule has 2 nitrogen and oxygen atoms in total. The Bertz CT molecular complexity index is 4230. The van der Waals surface area contributed by atoms with E-state index in [1.54, 1.807) is 0 Å². The van der Waals surface area contributed by atoms with E-state index >= 15 is 0 Å². The van der Waals surface area contributed by atoms with Gasteiger partial charge in [-0.25, -0.2) is 0 Å². The molecule has 0 saturated heterocycles. The highest BCUT2D eigenvalue weighted by Gasteiger charge is 2.59. The van der Waals surface area contributed by atoms with Gasteiger partial charge in [0.25, 0.3) is 0 Å². The van der Waals surface area contributed by atoms with Crippen LogP contribution in [-0.2, 0) is 16.2 Å². The largest absolute Gasteiger partial charge is 0.310 e. The summed E-state index contributed by atoms with van der Waals surface area (Å²) in [5.74, 6) is 0. The highest BCUT2D eigenvalue weighted by atomic mass is 32.1. The summed E-state index contributed by atoms with van der Waals surface area (Å²) in [6.07, 6.45) is 0. The first-order valence-corrected chi connectivity index (χ1v) is 26.7. The summed E-state index contributed by atoms with van der Waals surface area (Å²) in [7, 11) is 0. The predicted octanol–water partition coefficient (Wildman–Crippen LogP) is 18.7. The molecular weight excluding hydrogens is 913 g/mol. The van der Waals surface area contributed by atoms with Crippen LogP contribution in [0.1, 0.15) is 69.5 Å². The van der Waals surface area contributed by atoms with E-state index in [-0.39, 0.29) is 5.41 Å². The summed E-state index contributed by atoms with van der Waals surface area (Å²) in [5.41, 5.74) is 23.8. The van der Waals surface area contributed by atoms with Crippen molar-refractivity contribution >= 4 is 65.6 Å². The quantitative estimate of drug-likeness (QED) is 0.173. The lowest BCUT2D eigenvalue weighted by molar-refractivity contribution is 0.619. The number of benzene rings is 11. The van der Waals surface area contributed by atoms with Gasteiger partial charge in [-0.1, -0.05) is 208 Å². The van der Waals surface area contributed by atoms with E-state index in [9.17, 15) is 0 Å². The number of rotatable bonds is 4. The van der Waals surface area contributed by atoms with Gasteiger partial charge < -0.3 is 9.80 Å². The Labute approximate surface area is 435 Å². The van der Waals surface area contributed by atoms with Crippen molar-refractivity contribution in [3.8, 4) is 22.3 Å². The van der Waals surface area contributed by atoms with Crippen molar-refractivity contribution in [1.29, 1.82) is 0 Å². The fourth-order valence-electron chi connectivity index (χ4n) is 14.4. The third-order valence-corrected chi connectivity index (χ3v) is 18.5. The molecule has 11 aromatic carbocycles. The van der Waals surface area contributed by atoms with Gasteiger partial charge in [0.1, 0.15) is 0 Å². The zero-order valence-corrected chi connectivity index (χ0v) is 41.9. The topological polar surface area (TPSA) is 6.48 Å². The zero-order valence-electron chi connectivity index (χ0n) is 41.1. The summed E-state index contributed by atoms with van der Waals surface area (Å²) in [6.45, 7) is 4.78. The zero-order chi connectivity index (χ0) is 48.9. The first-order chi connectivity index (χ1) is 36.5. The van der Waals surface area contributed by atoms with E-state index in [0.717, 1.165) is 22.7 Å². The highest BCUT2D eigenvalue weighted by Crippen LogP contribution is 2.68. The van der Waals surface area contributed by atoms with Crippen LogP contribution in [-0.4, -0.2) is 0 Å².